The van der Waals surface area contributed by atoms with E-state index in [9.17, 15) is 4.39 Å². The lowest BCUT2D eigenvalue weighted by Gasteiger charge is -2.29. The van der Waals surface area contributed by atoms with Gasteiger partial charge < -0.3 is 10.2 Å². The summed E-state index contributed by atoms with van der Waals surface area (Å²) in [7, 11) is 2.03. The summed E-state index contributed by atoms with van der Waals surface area (Å²) in [6.07, 6.45) is 4.90. The van der Waals surface area contributed by atoms with Crippen molar-refractivity contribution in [3.8, 4) is 0 Å². The molecule has 1 aromatic rings. The largest absolute Gasteiger partial charge is 0.369 e. The minimum absolute atomic E-state index is 0.0996. The lowest BCUT2D eigenvalue weighted by Crippen LogP contribution is -2.32. The molecular weight excluding hydrogens is 239 g/mol. The summed E-state index contributed by atoms with van der Waals surface area (Å²) < 4.78 is 14.2. The van der Waals surface area contributed by atoms with Crippen molar-refractivity contribution in [2.24, 2.45) is 0 Å². The number of anilines is 1. The van der Waals surface area contributed by atoms with Gasteiger partial charge in [-0.3, -0.25) is 0 Å². The van der Waals surface area contributed by atoms with Gasteiger partial charge in [-0.25, -0.2) is 4.39 Å². The van der Waals surface area contributed by atoms with Crippen LogP contribution in [0.15, 0.2) is 18.2 Å². The maximum atomic E-state index is 14.2. The van der Waals surface area contributed by atoms with Crippen LogP contribution in [0.25, 0.3) is 0 Å². The van der Waals surface area contributed by atoms with Crippen LogP contribution >= 0.6 is 0 Å². The first-order chi connectivity index (χ1) is 9.09. The van der Waals surface area contributed by atoms with E-state index >= 15 is 0 Å². The third-order valence-electron chi connectivity index (χ3n) is 4.00. The Morgan fingerprint density at radius 3 is 2.63 bits per heavy atom. The third kappa shape index (κ3) is 3.47. The van der Waals surface area contributed by atoms with Crippen molar-refractivity contribution in [3.63, 3.8) is 0 Å². The second-order valence-corrected chi connectivity index (χ2v) is 5.83. The molecule has 2 rings (SSSR count). The smallest absolute Gasteiger partial charge is 0.146 e. The standard InChI is InChI=1S/C16H25FN2/c1-12(2)18-11-13-7-6-10-15(17)16(13)19(3)14-8-4-5-9-14/h6-7,10,12,14,18H,4-5,8-9,11H2,1-3H3. The first-order valence-corrected chi connectivity index (χ1v) is 7.33. The molecule has 0 unspecified atom stereocenters. The fraction of sp³-hybridized carbons (Fsp3) is 0.625. The molecule has 1 aliphatic rings. The molecule has 1 aliphatic carbocycles. The summed E-state index contributed by atoms with van der Waals surface area (Å²) in [6.45, 7) is 4.95. The van der Waals surface area contributed by atoms with Crippen LogP contribution in [0.2, 0.25) is 0 Å². The Labute approximate surface area is 116 Å². The van der Waals surface area contributed by atoms with Crippen molar-refractivity contribution < 1.29 is 4.39 Å². The molecule has 1 N–H and O–H groups in total. The Morgan fingerprint density at radius 2 is 2.00 bits per heavy atom. The highest BCUT2D eigenvalue weighted by Crippen LogP contribution is 2.31. The van der Waals surface area contributed by atoms with Gasteiger partial charge in [0.2, 0.25) is 0 Å². The van der Waals surface area contributed by atoms with Gasteiger partial charge in [0, 0.05) is 25.7 Å². The molecule has 106 valence electrons. The fourth-order valence-corrected chi connectivity index (χ4v) is 2.89. The van der Waals surface area contributed by atoms with Crippen molar-refractivity contribution in [2.75, 3.05) is 11.9 Å². The van der Waals surface area contributed by atoms with Gasteiger partial charge in [0.05, 0.1) is 5.69 Å². The van der Waals surface area contributed by atoms with Crippen LogP contribution in [0.5, 0.6) is 0 Å². The van der Waals surface area contributed by atoms with Crippen LogP contribution in [-0.2, 0) is 6.54 Å². The van der Waals surface area contributed by atoms with E-state index in [0.29, 0.717) is 12.1 Å². The van der Waals surface area contributed by atoms with Gasteiger partial charge in [-0.05, 0) is 24.5 Å². The van der Waals surface area contributed by atoms with Crippen molar-refractivity contribution in [2.45, 2.75) is 58.2 Å². The summed E-state index contributed by atoms with van der Waals surface area (Å²) >= 11 is 0. The number of hydrogen-bond acceptors (Lipinski definition) is 2. The SMILES string of the molecule is CC(C)NCc1cccc(F)c1N(C)C1CCCC1. The predicted octanol–water partition coefficient (Wildman–Crippen LogP) is 3.70. The zero-order valence-electron chi connectivity index (χ0n) is 12.2. The summed E-state index contributed by atoms with van der Waals surface area (Å²) in [5.41, 5.74) is 1.84. The molecule has 2 nitrogen and oxygen atoms in total. The van der Waals surface area contributed by atoms with Gasteiger partial charge >= 0.3 is 0 Å². The molecule has 0 amide bonds. The first-order valence-electron chi connectivity index (χ1n) is 7.33. The molecule has 19 heavy (non-hydrogen) atoms. The summed E-state index contributed by atoms with van der Waals surface area (Å²) in [6, 6.07) is 6.31. The zero-order valence-corrected chi connectivity index (χ0v) is 12.2. The molecule has 0 saturated heterocycles. The van der Waals surface area contributed by atoms with Gasteiger partial charge in [0.15, 0.2) is 0 Å². The second-order valence-electron chi connectivity index (χ2n) is 5.83. The minimum Gasteiger partial charge on any atom is -0.369 e. The normalized spacial score (nSPS) is 16.3. The van der Waals surface area contributed by atoms with E-state index in [4.69, 9.17) is 0 Å². The quantitative estimate of drug-likeness (QED) is 0.872. The molecule has 0 bridgehead atoms. The Kier molecular flexibility index (Phi) is 4.81. The van der Waals surface area contributed by atoms with Crippen molar-refractivity contribution in [3.05, 3.63) is 29.6 Å². The van der Waals surface area contributed by atoms with E-state index in [0.717, 1.165) is 17.8 Å². The van der Waals surface area contributed by atoms with Crippen molar-refractivity contribution >= 4 is 5.69 Å². The molecule has 0 spiro atoms. The molecule has 1 saturated carbocycles. The minimum atomic E-state index is -0.0996. The zero-order chi connectivity index (χ0) is 13.8. The van der Waals surface area contributed by atoms with Gasteiger partial charge in [0.1, 0.15) is 5.82 Å². The van der Waals surface area contributed by atoms with Gasteiger partial charge in [-0.2, -0.15) is 0 Å². The maximum absolute atomic E-state index is 14.2. The second kappa shape index (κ2) is 6.38. The van der Waals surface area contributed by atoms with Crippen LogP contribution in [0, 0.1) is 5.82 Å². The van der Waals surface area contributed by atoms with Gasteiger partial charge in [-0.15, -0.1) is 0 Å². The molecule has 1 aromatic carbocycles. The predicted molar refractivity (Wildman–Crippen MR) is 79.0 cm³/mol. The average molecular weight is 264 g/mol. The molecule has 0 heterocycles. The van der Waals surface area contributed by atoms with Crippen molar-refractivity contribution in [1.82, 2.24) is 5.32 Å². The molecule has 0 atom stereocenters. The van der Waals surface area contributed by atoms with Crippen LogP contribution in [-0.4, -0.2) is 19.1 Å². The monoisotopic (exact) mass is 264 g/mol. The summed E-state index contributed by atoms with van der Waals surface area (Å²) in [5, 5.41) is 3.38. The molecule has 0 aliphatic heterocycles. The van der Waals surface area contributed by atoms with Crippen LogP contribution in [0.1, 0.15) is 45.1 Å². The Bertz CT molecular complexity index is 411. The molecule has 1 fully saturated rings. The fourth-order valence-electron chi connectivity index (χ4n) is 2.89. The van der Waals surface area contributed by atoms with E-state index in [1.165, 1.54) is 25.7 Å². The highest BCUT2D eigenvalue weighted by atomic mass is 19.1. The first kappa shape index (κ1) is 14.3. The number of nitrogens with one attached hydrogen (secondary N) is 1. The summed E-state index contributed by atoms with van der Waals surface area (Å²) in [4.78, 5) is 2.15. The highest BCUT2D eigenvalue weighted by Gasteiger charge is 2.23. The molecule has 0 aromatic heterocycles. The molecule has 3 heteroatoms. The topological polar surface area (TPSA) is 15.3 Å². The van der Waals surface area contributed by atoms with Crippen LogP contribution < -0.4 is 10.2 Å². The number of nitrogens with zero attached hydrogens (tertiary/aromatic N) is 1. The molecule has 0 radical (unpaired) electrons. The number of halogens is 1. The number of para-hydroxylation sites is 1. The Morgan fingerprint density at radius 1 is 1.32 bits per heavy atom. The van der Waals surface area contributed by atoms with Crippen LogP contribution in [0.4, 0.5) is 10.1 Å². The van der Waals surface area contributed by atoms with E-state index < -0.39 is 0 Å². The lowest BCUT2D eigenvalue weighted by atomic mass is 10.1. The maximum Gasteiger partial charge on any atom is 0.146 e. The molecular formula is C16H25FN2. The lowest BCUT2D eigenvalue weighted by molar-refractivity contribution is 0.568. The van der Waals surface area contributed by atoms with E-state index in [1.54, 1.807) is 12.1 Å². The van der Waals surface area contributed by atoms with E-state index in [1.807, 2.05) is 13.1 Å². The van der Waals surface area contributed by atoms with Gasteiger partial charge in [-0.1, -0.05) is 38.8 Å². The summed E-state index contributed by atoms with van der Waals surface area (Å²) in [5.74, 6) is -0.0996. The number of rotatable bonds is 5. The number of hydrogen-bond donors (Lipinski definition) is 1. The Balaban J connectivity index is 2.21. The van der Waals surface area contributed by atoms with Crippen LogP contribution in [0.3, 0.4) is 0 Å². The third-order valence-corrected chi connectivity index (χ3v) is 4.00. The Hall–Kier alpha value is -1.09. The van der Waals surface area contributed by atoms with E-state index in [2.05, 4.69) is 24.1 Å². The van der Waals surface area contributed by atoms with E-state index in [-0.39, 0.29) is 5.82 Å². The number of benzene rings is 1. The van der Waals surface area contributed by atoms with Crippen molar-refractivity contribution in [1.29, 1.82) is 0 Å². The van der Waals surface area contributed by atoms with Gasteiger partial charge in [0.25, 0.3) is 0 Å². The highest BCUT2D eigenvalue weighted by molar-refractivity contribution is 5.55. The average Bonchev–Trinajstić information content (AvgIpc) is 2.89.